The van der Waals surface area contributed by atoms with E-state index in [9.17, 15) is 0 Å². The summed E-state index contributed by atoms with van der Waals surface area (Å²) in [5.74, 6) is 0. The van der Waals surface area contributed by atoms with Gasteiger partial charge in [-0.2, -0.15) is 0 Å². The largest absolute Gasteiger partial charge is 0.378 e. The van der Waals surface area contributed by atoms with Gasteiger partial charge in [-0.1, -0.05) is 24.3 Å². The summed E-state index contributed by atoms with van der Waals surface area (Å²) in [5.41, 5.74) is 3.27. The average Bonchev–Trinajstić information content (AvgIpc) is 3.01. The Kier molecular flexibility index (Phi) is 4.08. The first-order valence-electron chi connectivity index (χ1n) is 7.88. The lowest BCUT2D eigenvalue weighted by atomic mass is 10.1. The van der Waals surface area contributed by atoms with Gasteiger partial charge in [-0.15, -0.1) is 11.3 Å². The minimum atomic E-state index is 0.224. The molecule has 0 saturated carbocycles. The summed E-state index contributed by atoms with van der Waals surface area (Å²) < 4.78 is 5.69. The van der Waals surface area contributed by atoms with Crippen molar-refractivity contribution in [1.29, 1.82) is 0 Å². The molecule has 0 spiro atoms. The van der Waals surface area contributed by atoms with Crippen LogP contribution >= 0.6 is 11.3 Å². The molecule has 3 aromatic rings. The Morgan fingerprint density at radius 3 is 3.00 bits per heavy atom. The molecular weight excluding hydrogens is 306 g/mol. The van der Waals surface area contributed by atoms with Crippen molar-refractivity contribution in [2.45, 2.75) is 19.5 Å². The Morgan fingerprint density at radius 2 is 2.13 bits per heavy atom. The number of thiazole rings is 1. The fraction of sp³-hybridized carbons (Fsp3) is 0.333. The highest BCUT2D eigenvalue weighted by molar-refractivity contribution is 7.09. The van der Waals surface area contributed by atoms with Crippen LogP contribution in [-0.4, -0.2) is 34.6 Å². The van der Waals surface area contributed by atoms with E-state index in [1.54, 1.807) is 11.3 Å². The molecule has 5 heteroatoms. The van der Waals surface area contributed by atoms with Gasteiger partial charge >= 0.3 is 0 Å². The molecule has 23 heavy (non-hydrogen) atoms. The summed E-state index contributed by atoms with van der Waals surface area (Å²) in [6.07, 6.45) is 0. The van der Waals surface area contributed by atoms with E-state index in [2.05, 4.69) is 39.5 Å². The standard InChI is InChI=1S/C18H19N3OS/c1-13-19-17(12-23-13)18-11-22-9-8-21(18)10-15-7-6-14-4-2-3-5-16(14)20-15/h2-7,12,18H,8-11H2,1H3/t18-/m1/s1. The summed E-state index contributed by atoms with van der Waals surface area (Å²) in [4.78, 5) is 11.9. The first-order chi connectivity index (χ1) is 11.3. The highest BCUT2D eigenvalue weighted by atomic mass is 32.1. The number of nitrogens with zero attached hydrogens (tertiary/aromatic N) is 3. The van der Waals surface area contributed by atoms with E-state index < -0.39 is 0 Å². The molecule has 1 aliphatic heterocycles. The predicted octanol–water partition coefficient (Wildman–Crippen LogP) is 3.57. The summed E-state index contributed by atoms with van der Waals surface area (Å²) in [6.45, 7) is 5.27. The predicted molar refractivity (Wildman–Crippen MR) is 92.6 cm³/mol. The van der Waals surface area contributed by atoms with Crippen molar-refractivity contribution in [2.75, 3.05) is 19.8 Å². The van der Waals surface area contributed by atoms with E-state index >= 15 is 0 Å². The third-order valence-electron chi connectivity index (χ3n) is 4.24. The molecule has 1 saturated heterocycles. The zero-order chi connectivity index (χ0) is 15.6. The SMILES string of the molecule is Cc1nc([C@H]2COCCN2Cc2ccc3ccccc3n2)cs1. The van der Waals surface area contributed by atoms with Crippen molar-refractivity contribution in [3.05, 3.63) is 58.2 Å². The second-order valence-corrected chi connectivity index (χ2v) is 6.91. The van der Waals surface area contributed by atoms with Gasteiger partial charge in [-0.3, -0.25) is 9.88 Å². The number of para-hydroxylation sites is 1. The van der Waals surface area contributed by atoms with Crippen molar-refractivity contribution in [3.63, 3.8) is 0 Å². The minimum Gasteiger partial charge on any atom is -0.378 e. The topological polar surface area (TPSA) is 38.2 Å². The van der Waals surface area contributed by atoms with Crippen LogP contribution in [0.3, 0.4) is 0 Å². The van der Waals surface area contributed by atoms with E-state index in [0.717, 1.165) is 41.6 Å². The quantitative estimate of drug-likeness (QED) is 0.738. The summed E-state index contributed by atoms with van der Waals surface area (Å²) >= 11 is 1.70. The van der Waals surface area contributed by atoms with Crippen molar-refractivity contribution in [3.8, 4) is 0 Å². The van der Waals surface area contributed by atoms with Gasteiger partial charge in [0.2, 0.25) is 0 Å². The summed E-state index contributed by atoms with van der Waals surface area (Å²) in [5, 5.41) is 4.44. The first-order valence-corrected chi connectivity index (χ1v) is 8.76. The summed E-state index contributed by atoms with van der Waals surface area (Å²) in [7, 11) is 0. The van der Waals surface area contributed by atoms with Crippen LogP contribution in [0.1, 0.15) is 22.4 Å². The lowest BCUT2D eigenvalue weighted by molar-refractivity contribution is -0.0145. The van der Waals surface area contributed by atoms with Gasteiger partial charge in [0, 0.05) is 23.9 Å². The molecule has 0 bridgehead atoms. The van der Waals surface area contributed by atoms with E-state index in [1.165, 1.54) is 5.39 Å². The summed E-state index contributed by atoms with van der Waals surface area (Å²) in [6, 6.07) is 12.8. The van der Waals surface area contributed by atoms with Crippen molar-refractivity contribution < 1.29 is 4.74 Å². The molecular formula is C18H19N3OS. The number of ether oxygens (including phenoxy) is 1. The third-order valence-corrected chi connectivity index (χ3v) is 5.03. The van der Waals surface area contributed by atoms with E-state index in [0.29, 0.717) is 6.61 Å². The van der Waals surface area contributed by atoms with Crippen LogP contribution in [-0.2, 0) is 11.3 Å². The maximum absolute atomic E-state index is 5.69. The molecule has 3 heterocycles. The first kappa shape index (κ1) is 14.8. The van der Waals surface area contributed by atoms with Crippen LogP contribution in [0.5, 0.6) is 0 Å². The molecule has 0 radical (unpaired) electrons. The molecule has 2 aromatic heterocycles. The van der Waals surface area contributed by atoms with Crippen molar-refractivity contribution >= 4 is 22.2 Å². The second-order valence-electron chi connectivity index (χ2n) is 5.85. The third kappa shape index (κ3) is 3.13. The number of hydrogen-bond donors (Lipinski definition) is 0. The van der Waals surface area contributed by atoms with Crippen LogP contribution in [0.4, 0.5) is 0 Å². The van der Waals surface area contributed by atoms with Gasteiger partial charge < -0.3 is 4.74 Å². The Morgan fingerprint density at radius 1 is 1.22 bits per heavy atom. The Balaban J connectivity index is 1.59. The normalized spacial score (nSPS) is 19.3. The molecule has 0 amide bonds. The maximum atomic E-state index is 5.69. The molecule has 4 nitrogen and oxygen atoms in total. The molecule has 1 fully saturated rings. The smallest absolute Gasteiger partial charge is 0.0898 e. The molecule has 0 unspecified atom stereocenters. The Labute approximate surface area is 139 Å². The second kappa shape index (κ2) is 6.35. The number of aryl methyl sites for hydroxylation is 1. The maximum Gasteiger partial charge on any atom is 0.0898 e. The molecule has 1 atom stereocenters. The molecule has 118 valence electrons. The highest BCUT2D eigenvalue weighted by Gasteiger charge is 2.26. The number of morpholine rings is 1. The van der Waals surface area contributed by atoms with E-state index in [-0.39, 0.29) is 6.04 Å². The lowest BCUT2D eigenvalue weighted by Crippen LogP contribution is -2.39. The van der Waals surface area contributed by atoms with E-state index in [4.69, 9.17) is 9.72 Å². The number of pyridine rings is 1. The molecule has 1 aromatic carbocycles. The Hall–Kier alpha value is -1.82. The van der Waals surface area contributed by atoms with Crippen LogP contribution in [0.2, 0.25) is 0 Å². The zero-order valence-corrected chi connectivity index (χ0v) is 13.9. The van der Waals surface area contributed by atoms with Crippen LogP contribution in [0.15, 0.2) is 41.8 Å². The zero-order valence-electron chi connectivity index (χ0n) is 13.1. The van der Waals surface area contributed by atoms with Gasteiger partial charge in [-0.05, 0) is 19.1 Å². The fourth-order valence-electron chi connectivity index (χ4n) is 3.04. The fourth-order valence-corrected chi connectivity index (χ4v) is 3.70. The average molecular weight is 325 g/mol. The number of aromatic nitrogens is 2. The number of hydrogen-bond acceptors (Lipinski definition) is 5. The van der Waals surface area contributed by atoms with Crippen LogP contribution in [0, 0.1) is 6.92 Å². The van der Waals surface area contributed by atoms with Gasteiger partial charge in [0.05, 0.1) is 41.2 Å². The highest BCUT2D eigenvalue weighted by Crippen LogP contribution is 2.27. The van der Waals surface area contributed by atoms with E-state index in [1.807, 2.05) is 19.1 Å². The van der Waals surface area contributed by atoms with Gasteiger partial charge in [0.1, 0.15) is 0 Å². The number of benzene rings is 1. The molecule has 0 N–H and O–H groups in total. The van der Waals surface area contributed by atoms with Crippen molar-refractivity contribution in [1.82, 2.24) is 14.9 Å². The monoisotopic (exact) mass is 325 g/mol. The van der Waals surface area contributed by atoms with Gasteiger partial charge in [0.15, 0.2) is 0 Å². The Bertz CT molecular complexity index is 817. The minimum absolute atomic E-state index is 0.224. The molecule has 1 aliphatic rings. The van der Waals surface area contributed by atoms with Crippen LogP contribution < -0.4 is 0 Å². The van der Waals surface area contributed by atoms with Gasteiger partial charge in [0.25, 0.3) is 0 Å². The number of fused-ring (bicyclic) bond motifs is 1. The molecule has 0 aliphatic carbocycles. The van der Waals surface area contributed by atoms with Crippen molar-refractivity contribution in [2.24, 2.45) is 0 Å². The molecule has 4 rings (SSSR count). The lowest BCUT2D eigenvalue weighted by Gasteiger charge is -2.34. The van der Waals surface area contributed by atoms with Gasteiger partial charge in [-0.25, -0.2) is 4.98 Å². The number of rotatable bonds is 3. The van der Waals surface area contributed by atoms with Crippen LogP contribution in [0.25, 0.3) is 10.9 Å².